The third kappa shape index (κ3) is 2.76. The van der Waals surface area contributed by atoms with Crippen LogP contribution in [0, 0.1) is 6.92 Å². The van der Waals surface area contributed by atoms with Crippen LogP contribution in [-0.4, -0.2) is 0 Å². The third-order valence-corrected chi connectivity index (χ3v) is 6.25. The van der Waals surface area contributed by atoms with Crippen LogP contribution in [0.15, 0.2) is 102 Å². The first-order chi connectivity index (χ1) is 15.2. The lowest BCUT2D eigenvalue weighted by Crippen LogP contribution is -2.30. The van der Waals surface area contributed by atoms with E-state index >= 15 is 0 Å². The summed E-state index contributed by atoms with van der Waals surface area (Å²) in [6.45, 7) is 2.15. The number of aromatic nitrogens is 1. The van der Waals surface area contributed by atoms with Crippen molar-refractivity contribution in [2.24, 2.45) is 7.05 Å². The highest BCUT2D eigenvalue weighted by molar-refractivity contribution is 6.13. The number of hydrogen-bond acceptors (Lipinski definition) is 1. The van der Waals surface area contributed by atoms with Crippen LogP contribution in [0.4, 0.5) is 0 Å². The van der Waals surface area contributed by atoms with E-state index in [-0.39, 0.29) is 0 Å². The second-order valence-corrected chi connectivity index (χ2v) is 8.18. The predicted molar refractivity (Wildman–Crippen MR) is 128 cm³/mol. The van der Waals surface area contributed by atoms with Crippen molar-refractivity contribution in [1.82, 2.24) is 0 Å². The third-order valence-electron chi connectivity index (χ3n) is 6.25. The number of benzene rings is 4. The minimum absolute atomic E-state index is 0.943. The number of aryl methyl sites for hydroxylation is 2. The average molecular weight is 401 g/mol. The second-order valence-electron chi connectivity index (χ2n) is 8.18. The van der Waals surface area contributed by atoms with Crippen LogP contribution in [0.3, 0.4) is 0 Å². The summed E-state index contributed by atoms with van der Waals surface area (Å²) in [5, 5.41) is 4.79. The van der Waals surface area contributed by atoms with E-state index < -0.39 is 0 Å². The molecule has 0 aliphatic carbocycles. The van der Waals surface area contributed by atoms with Gasteiger partial charge in [-0.1, -0.05) is 66.7 Å². The quantitative estimate of drug-likeness (QED) is 0.281. The van der Waals surface area contributed by atoms with Crippen molar-refractivity contribution in [3.05, 3.63) is 103 Å². The van der Waals surface area contributed by atoms with Crippen molar-refractivity contribution in [1.29, 1.82) is 0 Å². The maximum atomic E-state index is 6.66. The van der Waals surface area contributed by atoms with Crippen LogP contribution in [0.2, 0.25) is 0 Å². The van der Waals surface area contributed by atoms with E-state index in [1.54, 1.807) is 0 Å². The molecule has 31 heavy (non-hydrogen) atoms. The number of nitrogens with zero attached hydrogens (tertiary/aromatic N) is 1. The van der Waals surface area contributed by atoms with Gasteiger partial charge in [0.15, 0.2) is 6.20 Å². The fourth-order valence-electron chi connectivity index (χ4n) is 4.65. The topological polar surface area (TPSA) is 17.0 Å². The van der Waals surface area contributed by atoms with E-state index in [1.165, 1.54) is 21.9 Å². The molecule has 0 saturated carbocycles. The fraction of sp³-hybridized carbons (Fsp3) is 0.0690. The van der Waals surface area contributed by atoms with Crippen molar-refractivity contribution < 1.29 is 8.98 Å². The summed E-state index contributed by atoms with van der Waals surface area (Å²) < 4.78 is 8.81. The zero-order valence-electron chi connectivity index (χ0n) is 17.6. The molecule has 2 heterocycles. The molecule has 0 N–H and O–H groups in total. The van der Waals surface area contributed by atoms with Crippen molar-refractivity contribution in [3.63, 3.8) is 0 Å². The number of hydrogen-bond donors (Lipinski definition) is 0. The lowest BCUT2D eigenvalue weighted by atomic mass is 9.98. The van der Waals surface area contributed by atoms with E-state index in [0.717, 1.165) is 38.8 Å². The number of rotatable bonds is 2. The molecule has 0 amide bonds. The molecule has 0 bridgehead atoms. The Labute approximate surface area is 181 Å². The SMILES string of the molecule is Cc1ccc2c(oc3c(-c4ccc5ccccc5c4)cccc32)c1-c1cccc[n+]1C. The predicted octanol–water partition coefficient (Wildman–Crippen LogP) is 7.21. The molecule has 2 heteroatoms. The first kappa shape index (κ1) is 17.9. The minimum Gasteiger partial charge on any atom is -0.454 e. The van der Waals surface area contributed by atoms with Gasteiger partial charge in [-0.2, -0.15) is 0 Å². The molecular weight excluding hydrogens is 378 g/mol. The number of para-hydroxylation sites is 1. The van der Waals surface area contributed by atoms with Crippen LogP contribution < -0.4 is 4.57 Å². The van der Waals surface area contributed by atoms with Gasteiger partial charge in [-0.05, 0) is 41.0 Å². The van der Waals surface area contributed by atoms with E-state index in [2.05, 4.69) is 116 Å². The van der Waals surface area contributed by atoms with Crippen molar-refractivity contribution in [2.45, 2.75) is 6.92 Å². The van der Waals surface area contributed by atoms with E-state index in [0.29, 0.717) is 0 Å². The normalized spacial score (nSPS) is 11.5. The Bertz CT molecular complexity index is 1610. The minimum atomic E-state index is 0.943. The molecule has 4 aromatic carbocycles. The van der Waals surface area contributed by atoms with E-state index in [4.69, 9.17) is 4.42 Å². The number of furan rings is 1. The van der Waals surface area contributed by atoms with Gasteiger partial charge in [0, 0.05) is 28.5 Å². The Hall–Kier alpha value is -3.91. The van der Waals surface area contributed by atoms with E-state index in [1.807, 2.05) is 0 Å². The Balaban J connectivity index is 1.67. The molecule has 0 unspecified atom stereocenters. The average Bonchev–Trinajstić information content (AvgIpc) is 3.18. The summed E-state index contributed by atoms with van der Waals surface area (Å²) in [6, 6.07) is 32.2. The van der Waals surface area contributed by atoms with Gasteiger partial charge < -0.3 is 4.42 Å². The molecule has 0 saturated heterocycles. The standard InChI is InChI=1S/C29H22NO/c1-19-13-16-25-24-11-7-10-23(22-15-14-20-8-3-4-9-21(20)18-22)28(24)31-29(25)27(19)26-12-5-6-17-30(26)2/h3-18H,1-2H3/q+1. The van der Waals surface area contributed by atoms with Crippen LogP contribution in [0.1, 0.15) is 5.56 Å². The highest BCUT2D eigenvalue weighted by Gasteiger charge is 2.21. The summed E-state index contributed by atoms with van der Waals surface area (Å²) >= 11 is 0. The summed E-state index contributed by atoms with van der Waals surface area (Å²) in [6.07, 6.45) is 2.08. The molecular formula is C29H22NO+. The number of pyridine rings is 1. The zero-order chi connectivity index (χ0) is 20.9. The summed E-state index contributed by atoms with van der Waals surface area (Å²) in [5.41, 5.74) is 7.70. The van der Waals surface area contributed by atoms with Gasteiger partial charge >= 0.3 is 0 Å². The lowest BCUT2D eigenvalue weighted by Gasteiger charge is -2.05. The summed E-state index contributed by atoms with van der Waals surface area (Å²) in [5.74, 6) is 0. The van der Waals surface area contributed by atoms with Gasteiger partial charge in [-0.25, -0.2) is 4.57 Å². The molecule has 0 radical (unpaired) electrons. The molecule has 0 aliphatic rings. The summed E-state index contributed by atoms with van der Waals surface area (Å²) in [4.78, 5) is 0. The molecule has 6 rings (SSSR count). The Morgan fingerprint density at radius 2 is 1.48 bits per heavy atom. The van der Waals surface area contributed by atoms with Crippen LogP contribution in [-0.2, 0) is 7.05 Å². The molecule has 0 spiro atoms. The van der Waals surface area contributed by atoms with Crippen LogP contribution in [0.25, 0.3) is 55.1 Å². The molecule has 2 aromatic heterocycles. The largest absolute Gasteiger partial charge is 0.454 e. The maximum Gasteiger partial charge on any atom is 0.216 e. The van der Waals surface area contributed by atoms with E-state index in [9.17, 15) is 0 Å². The Kier molecular flexibility index (Phi) is 3.94. The van der Waals surface area contributed by atoms with Gasteiger partial charge in [-0.3, -0.25) is 0 Å². The number of fused-ring (bicyclic) bond motifs is 4. The first-order valence-electron chi connectivity index (χ1n) is 10.6. The smallest absolute Gasteiger partial charge is 0.216 e. The first-order valence-corrected chi connectivity index (χ1v) is 10.6. The van der Waals surface area contributed by atoms with Crippen molar-refractivity contribution >= 4 is 32.7 Å². The Morgan fingerprint density at radius 1 is 0.677 bits per heavy atom. The fourth-order valence-corrected chi connectivity index (χ4v) is 4.65. The maximum absolute atomic E-state index is 6.66. The molecule has 2 nitrogen and oxygen atoms in total. The van der Waals surface area contributed by atoms with Crippen LogP contribution in [0.5, 0.6) is 0 Å². The van der Waals surface area contributed by atoms with Crippen molar-refractivity contribution in [3.8, 4) is 22.4 Å². The zero-order valence-corrected chi connectivity index (χ0v) is 17.6. The second kappa shape index (κ2) is 6.82. The molecule has 0 fully saturated rings. The highest BCUT2D eigenvalue weighted by Crippen LogP contribution is 2.40. The summed E-state index contributed by atoms with van der Waals surface area (Å²) in [7, 11) is 2.08. The van der Waals surface area contributed by atoms with Crippen molar-refractivity contribution in [2.75, 3.05) is 0 Å². The van der Waals surface area contributed by atoms with Gasteiger partial charge in [-0.15, -0.1) is 0 Å². The van der Waals surface area contributed by atoms with Gasteiger partial charge in [0.1, 0.15) is 18.2 Å². The highest BCUT2D eigenvalue weighted by atomic mass is 16.3. The van der Waals surface area contributed by atoms with Gasteiger partial charge in [0.25, 0.3) is 0 Å². The lowest BCUT2D eigenvalue weighted by molar-refractivity contribution is -0.660. The molecule has 0 atom stereocenters. The molecule has 6 aromatic rings. The molecule has 148 valence electrons. The Morgan fingerprint density at radius 3 is 2.35 bits per heavy atom. The van der Waals surface area contributed by atoms with Gasteiger partial charge in [0.2, 0.25) is 5.69 Å². The van der Waals surface area contributed by atoms with Crippen LogP contribution >= 0.6 is 0 Å². The monoisotopic (exact) mass is 400 g/mol. The molecule has 0 aliphatic heterocycles. The van der Waals surface area contributed by atoms with Gasteiger partial charge in [0.05, 0.1) is 5.56 Å².